The maximum atomic E-state index is 11.2. The molecule has 0 atom stereocenters. The molecular formula is C11H7N3OS. The molecule has 1 heterocycles. The monoisotopic (exact) mass is 229 g/mol. The lowest BCUT2D eigenvalue weighted by Crippen LogP contribution is -2.06. The van der Waals surface area contributed by atoms with Crippen molar-refractivity contribution in [2.45, 2.75) is 0 Å². The Morgan fingerprint density at radius 1 is 1.25 bits per heavy atom. The van der Waals surface area contributed by atoms with Crippen LogP contribution in [0.3, 0.4) is 0 Å². The van der Waals surface area contributed by atoms with Crippen molar-refractivity contribution >= 4 is 12.2 Å². The summed E-state index contributed by atoms with van der Waals surface area (Å²) in [5.74, 6) is 0. The molecule has 0 radical (unpaired) electrons. The van der Waals surface area contributed by atoms with Gasteiger partial charge in [0.15, 0.2) is 4.77 Å². The topological polar surface area (TPSA) is 72.4 Å². The zero-order chi connectivity index (χ0) is 11.5. The Morgan fingerprint density at radius 2 is 2.06 bits per heavy atom. The first-order valence-corrected chi connectivity index (χ1v) is 4.94. The zero-order valence-electron chi connectivity index (χ0n) is 8.15. The van der Waals surface area contributed by atoms with Crippen molar-refractivity contribution in [2.24, 2.45) is 0 Å². The van der Waals surface area contributed by atoms with Gasteiger partial charge in [-0.1, -0.05) is 12.1 Å². The predicted molar refractivity (Wildman–Crippen MR) is 62.4 cm³/mol. The first-order valence-electron chi connectivity index (χ1n) is 4.53. The smallest absolute Gasteiger partial charge is 0.252 e. The number of benzene rings is 1. The number of rotatable bonds is 1. The highest BCUT2D eigenvalue weighted by atomic mass is 32.1. The molecule has 0 aliphatic rings. The second-order valence-corrected chi connectivity index (χ2v) is 3.60. The van der Waals surface area contributed by atoms with Crippen molar-refractivity contribution in [2.75, 3.05) is 0 Å². The average Bonchev–Trinajstić information content (AvgIpc) is 2.28. The van der Waals surface area contributed by atoms with Crippen LogP contribution < -0.4 is 5.56 Å². The molecule has 0 aliphatic heterocycles. The van der Waals surface area contributed by atoms with Crippen LogP contribution in [0, 0.1) is 16.1 Å². The molecule has 0 aliphatic carbocycles. The summed E-state index contributed by atoms with van der Waals surface area (Å²) in [5, 5.41) is 8.77. The number of aromatic nitrogens is 2. The molecule has 0 fully saturated rings. The van der Waals surface area contributed by atoms with Crippen LogP contribution in [0.1, 0.15) is 5.56 Å². The molecule has 0 spiro atoms. The molecule has 16 heavy (non-hydrogen) atoms. The van der Waals surface area contributed by atoms with Gasteiger partial charge >= 0.3 is 0 Å². The van der Waals surface area contributed by atoms with Gasteiger partial charge in [0.2, 0.25) is 0 Å². The molecule has 0 amide bonds. The van der Waals surface area contributed by atoms with Gasteiger partial charge in [0.05, 0.1) is 17.3 Å². The Kier molecular flexibility index (Phi) is 2.66. The van der Waals surface area contributed by atoms with E-state index in [1.165, 1.54) is 6.07 Å². The van der Waals surface area contributed by atoms with E-state index in [1.54, 1.807) is 24.3 Å². The van der Waals surface area contributed by atoms with Gasteiger partial charge in [0, 0.05) is 6.07 Å². The third-order valence-corrected chi connectivity index (χ3v) is 2.27. The fourth-order valence-corrected chi connectivity index (χ4v) is 1.59. The minimum atomic E-state index is -0.263. The van der Waals surface area contributed by atoms with E-state index < -0.39 is 0 Å². The van der Waals surface area contributed by atoms with Crippen molar-refractivity contribution in [1.29, 1.82) is 5.26 Å². The average molecular weight is 229 g/mol. The Labute approximate surface area is 96.2 Å². The zero-order valence-corrected chi connectivity index (χ0v) is 8.97. The van der Waals surface area contributed by atoms with Crippen LogP contribution in [0.15, 0.2) is 35.1 Å². The Bertz CT molecular complexity index is 650. The summed E-state index contributed by atoms with van der Waals surface area (Å²) < 4.78 is 0.268. The second kappa shape index (κ2) is 4.13. The molecule has 4 nitrogen and oxygen atoms in total. The second-order valence-electron chi connectivity index (χ2n) is 3.19. The van der Waals surface area contributed by atoms with E-state index in [-0.39, 0.29) is 10.3 Å². The number of nitrogens with one attached hydrogen (secondary N) is 2. The third kappa shape index (κ3) is 2.07. The molecule has 2 N–H and O–H groups in total. The number of hydrogen-bond acceptors (Lipinski definition) is 3. The highest BCUT2D eigenvalue weighted by Crippen LogP contribution is 2.15. The van der Waals surface area contributed by atoms with Crippen molar-refractivity contribution in [1.82, 2.24) is 9.97 Å². The summed E-state index contributed by atoms with van der Waals surface area (Å²) in [4.78, 5) is 16.5. The summed E-state index contributed by atoms with van der Waals surface area (Å²) in [7, 11) is 0. The highest BCUT2D eigenvalue weighted by Gasteiger charge is 2.00. The molecule has 78 valence electrons. The van der Waals surface area contributed by atoms with Crippen LogP contribution in [0.25, 0.3) is 11.3 Å². The quantitative estimate of drug-likeness (QED) is 0.734. The van der Waals surface area contributed by atoms with Gasteiger partial charge in [0.1, 0.15) is 0 Å². The van der Waals surface area contributed by atoms with E-state index in [4.69, 9.17) is 17.5 Å². The van der Waals surface area contributed by atoms with E-state index in [9.17, 15) is 4.79 Å². The Morgan fingerprint density at radius 3 is 2.75 bits per heavy atom. The number of nitriles is 1. The van der Waals surface area contributed by atoms with E-state index >= 15 is 0 Å². The number of nitrogens with zero attached hydrogens (tertiary/aromatic N) is 1. The van der Waals surface area contributed by atoms with Crippen LogP contribution in [-0.4, -0.2) is 9.97 Å². The minimum absolute atomic E-state index is 0.263. The molecule has 0 saturated carbocycles. The molecule has 2 rings (SSSR count). The molecule has 1 aromatic carbocycles. The van der Waals surface area contributed by atoms with Gasteiger partial charge < -0.3 is 4.98 Å². The highest BCUT2D eigenvalue weighted by molar-refractivity contribution is 7.71. The Balaban J connectivity index is 2.63. The van der Waals surface area contributed by atoms with Gasteiger partial charge in [-0.2, -0.15) is 5.26 Å². The number of H-pyrrole nitrogens is 2. The normalized spacial score (nSPS) is 9.69. The molecule has 0 saturated heterocycles. The lowest BCUT2D eigenvalue weighted by molar-refractivity contribution is 1.09. The van der Waals surface area contributed by atoms with Crippen LogP contribution in [-0.2, 0) is 0 Å². The van der Waals surface area contributed by atoms with Crippen molar-refractivity contribution < 1.29 is 0 Å². The standard InChI is InChI=1S/C11H7N3OS/c12-6-7-2-1-3-8(4-7)9-5-10(15)14-11(16)13-9/h1-5H,(H2,13,14,15,16). The lowest BCUT2D eigenvalue weighted by Gasteiger charge is -2.01. The van der Waals surface area contributed by atoms with Gasteiger partial charge in [-0.15, -0.1) is 0 Å². The molecular weight excluding hydrogens is 222 g/mol. The molecule has 2 aromatic rings. The Hall–Kier alpha value is -2.19. The van der Waals surface area contributed by atoms with E-state index in [2.05, 4.69) is 9.97 Å². The van der Waals surface area contributed by atoms with E-state index in [0.717, 1.165) is 5.56 Å². The summed E-state index contributed by atoms with van der Waals surface area (Å²) in [5.41, 5.74) is 1.64. The number of hydrogen-bond donors (Lipinski definition) is 2. The molecule has 0 bridgehead atoms. The van der Waals surface area contributed by atoms with Crippen LogP contribution in [0.4, 0.5) is 0 Å². The van der Waals surface area contributed by atoms with Crippen molar-refractivity contribution in [3.63, 3.8) is 0 Å². The summed E-state index contributed by atoms with van der Waals surface area (Å²) in [6.45, 7) is 0. The van der Waals surface area contributed by atoms with Gasteiger partial charge in [-0.25, -0.2) is 0 Å². The molecule has 0 unspecified atom stereocenters. The van der Waals surface area contributed by atoms with Gasteiger partial charge in [-0.3, -0.25) is 9.78 Å². The van der Waals surface area contributed by atoms with Gasteiger partial charge in [0.25, 0.3) is 5.56 Å². The maximum absolute atomic E-state index is 11.2. The lowest BCUT2D eigenvalue weighted by atomic mass is 10.1. The van der Waals surface area contributed by atoms with Gasteiger partial charge in [-0.05, 0) is 29.9 Å². The SMILES string of the molecule is N#Cc1cccc(-c2cc(=O)[nH]c(=S)[nH]2)c1. The van der Waals surface area contributed by atoms with Crippen LogP contribution >= 0.6 is 12.2 Å². The van der Waals surface area contributed by atoms with Crippen LogP contribution in [0.2, 0.25) is 0 Å². The summed E-state index contributed by atoms with van der Waals surface area (Å²) in [6.07, 6.45) is 0. The van der Waals surface area contributed by atoms with E-state index in [1.807, 2.05) is 6.07 Å². The molecule has 5 heteroatoms. The first-order chi connectivity index (χ1) is 7.69. The fraction of sp³-hybridized carbons (Fsp3) is 0. The maximum Gasteiger partial charge on any atom is 0.252 e. The predicted octanol–water partition coefficient (Wildman–Crippen LogP) is 1.97. The third-order valence-electron chi connectivity index (χ3n) is 2.06. The van der Waals surface area contributed by atoms with Crippen LogP contribution in [0.5, 0.6) is 0 Å². The van der Waals surface area contributed by atoms with Crippen molar-refractivity contribution in [3.05, 3.63) is 51.0 Å². The number of aromatic amines is 2. The largest absolute Gasteiger partial charge is 0.332 e. The summed E-state index contributed by atoms with van der Waals surface area (Å²) >= 11 is 4.87. The molecule has 1 aromatic heterocycles. The minimum Gasteiger partial charge on any atom is -0.332 e. The van der Waals surface area contributed by atoms with E-state index in [0.29, 0.717) is 11.3 Å². The fourth-order valence-electron chi connectivity index (χ4n) is 1.38. The summed E-state index contributed by atoms with van der Waals surface area (Å²) in [6, 6.07) is 10.4. The first kappa shape index (κ1) is 10.3. The van der Waals surface area contributed by atoms with Crippen molar-refractivity contribution in [3.8, 4) is 17.3 Å².